The Balaban J connectivity index is 1.52. The monoisotopic (exact) mass is 375 g/mol. The third kappa shape index (κ3) is 5.39. The van der Waals surface area contributed by atoms with E-state index in [1.54, 1.807) is 16.9 Å². The molecule has 1 aromatic heterocycles. The van der Waals surface area contributed by atoms with E-state index in [0.29, 0.717) is 17.9 Å². The van der Waals surface area contributed by atoms with Gasteiger partial charge >= 0.3 is 0 Å². The maximum Gasteiger partial charge on any atom is 0.225 e. The number of anilines is 1. The molecule has 0 aliphatic carbocycles. The first-order valence-electron chi connectivity index (χ1n) is 9.63. The number of carbonyl (C=O) groups is 2. The van der Waals surface area contributed by atoms with Crippen LogP contribution in [0.5, 0.6) is 0 Å². The molecule has 0 saturated heterocycles. The van der Waals surface area contributed by atoms with Gasteiger partial charge in [0, 0.05) is 24.5 Å². The van der Waals surface area contributed by atoms with Gasteiger partial charge in [-0.3, -0.25) is 9.59 Å². The van der Waals surface area contributed by atoms with Crippen LogP contribution >= 0.6 is 0 Å². The van der Waals surface area contributed by atoms with Crippen LogP contribution in [0.2, 0.25) is 0 Å². The molecule has 0 unspecified atom stereocenters. The topological polar surface area (TPSA) is 64.0 Å². The zero-order valence-corrected chi connectivity index (χ0v) is 16.1. The summed E-state index contributed by atoms with van der Waals surface area (Å²) in [6.07, 6.45) is 4.07. The quantitative estimate of drug-likeness (QED) is 0.561. The number of nitrogens with one attached hydrogen (secondary N) is 1. The van der Waals surface area contributed by atoms with Crippen molar-refractivity contribution in [3.63, 3.8) is 0 Å². The van der Waals surface area contributed by atoms with Crippen LogP contribution in [-0.4, -0.2) is 21.5 Å². The standard InChI is InChI=1S/C23H25N3O2/c1-2-6-18-9-11-20(12-10-18)21(27)13-14-23(28)25-22-15-16-24-26(22)17-19-7-4-3-5-8-19/h3-5,7-12,15-16H,2,6,13-14,17H2,1H3,(H,25,28). The highest BCUT2D eigenvalue weighted by atomic mass is 16.2. The number of ketones is 1. The predicted octanol–water partition coefficient (Wildman–Crippen LogP) is 4.49. The second-order valence-corrected chi connectivity index (χ2v) is 6.78. The number of benzene rings is 2. The SMILES string of the molecule is CCCc1ccc(C(=O)CCC(=O)Nc2ccnn2Cc2ccccc2)cc1. The van der Waals surface area contributed by atoms with Gasteiger partial charge in [0.25, 0.3) is 0 Å². The predicted molar refractivity (Wildman–Crippen MR) is 110 cm³/mol. The van der Waals surface area contributed by atoms with Gasteiger partial charge < -0.3 is 5.32 Å². The molecule has 5 heteroatoms. The van der Waals surface area contributed by atoms with E-state index in [0.717, 1.165) is 18.4 Å². The second-order valence-electron chi connectivity index (χ2n) is 6.78. The van der Waals surface area contributed by atoms with Gasteiger partial charge in [-0.05, 0) is 17.5 Å². The summed E-state index contributed by atoms with van der Waals surface area (Å²) in [6, 6.07) is 19.3. The summed E-state index contributed by atoms with van der Waals surface area (Å²) in [4.78, 5) is 24.6. The van der Waals surface area contributed by atoms with E-state index in [-0.39, 0.29) is 24.5 Å². The number of amides is 1. The number of aromatic nitrogens is 2. The lowest BCUT2D eigenvalue weighted by molar-refractivity contribution is -0.116. The Labute approximate surface area is 165 Å². The number of aryl methyl sites for hydroxylation is 1. The Kier molecular flexibility index (Phi) is 6.73. The number of hydrogen-bond acceptors (Lipinski definition) is 3. The van der Waals surface area contributed by atoms with E-state index >= 15 is 0 Å². The normalized spacial score (nSPS) is 10.6. The van der Waals surface area contributed by atoms with Crippen molar-refractivity contribution >= 4 is 17.5 Å². The van der Waals surface area contributed by atoms with E-state index in [9.17, 15) is 9.59 Å². The number of carbonyl (C=O) groups excluding carboxylic acids is 2. The van der Waals surface area contributed by atoms with Gasteiger partial charge in [0.05, 0.1) is 12.7 Å². The zero-order valence-electron chi connectivity index (χ0n) is 16.1. The van der Waals surface area contributed by atoms with E-state index in [4.69, 9.17) is 0 Å². The summed E-state index contributed by atoms with van der Waals surface area (Å²) in [5.41, 5.74) is 2.98. The molecule has 3 rings (SSSR count). The van der Waals surface area contributed by atoms with E-state index in [1.807, 2.05) is 54.6 Å². The molecule has 1 N–H and O–H groups in total. The number of hydrogen-bond donors (Lipinski definition) is 1. The molecule has 0 aliphatic heterocycles. The number of nitrogens with zero attached hydrogens (tertiary/aromatic N) is 2. The van der Waals surface area contributed by atoms with Crippen molar-refractivity contribution in [2.45, 2.75) is 39.2 Å². The summed E-state index contributed by atoms with van der Waals surface area (Å²) in [5.74, 6) is 0.423. The molecule has 1 heterocycles. The molecular formula is C23H25N3O2. The molecule has 0 bridgehead atoms. The zero-order chi connectivity index (χ0) is 19.8. The fraction of sp³-hybridized carbons (Fsp3) is 0.261. The molecule has 0 aliphatic rings. The van der Waals surface area contributed by atoms with Crippen molar-refractivity contribution < 1.29 is 9.59 Å². The first kappa shape index (κ1) is 19.5. The third-order valence-electron chi connectivity index (χ3n) is 4.55. The van der Waals surface area contributed by atoms with Crippen molar-refractivity contribution in [3.05, 3.63) is 83.6 Å². The maximum atomic E-state index is 12.3. The average Bonchev–Trinajstić information content (AvgIpc) is 3.14. The first-order chi connectivity index (χ1) is 13.7. The molecule has 0 fully saturated rings. The second kappa shape index (κ2) is 9.65. The van der Waals surface area contributed by atoms with E-state index in [2.05, 4.69) is 17.3 Å². The fourth-order valence-electron chi connectivity index (χ4n) is 3.04. The number of Topliss-reactive ketones (excluding diaryl/α,β-unsaturated/α-hetero) is 1. The summed E-state index contributed by atoms with van der Waals surface area (Å²) in [6.45, 7) is 2.70. The molecule has 0 spiro atoms. The van der Waals surface area contributed by atoms with Crippen molar-refractivity contribution in [2.24, 2.45) is 0 Å². The van der Waals surface area contributed by atoms with E-state index in [1.165, 1.54) is 5.56 Å². The van der Waals surface area contributed by atoms with Gasteiger partial charge in [-0.15, -0.1) is 0 Å². The molecule has 0 atom stereocenters. The Bertz CT molecular complexity index is 915. The van der Waals surface area contributed by atoms with Gasteiger partial charge in [0.2, 0.25) is 5.91 Å². The molecule has 0 saturated carbocycles. The highest BCUT2D eigenvalue weighted by Crippen LogP contribution is 2.13. The third-order valence-corrected chi connectivity index (χ3v) is 4.55. The van der Waals surface area contributed by atoms with Crippen molar-refractivity contribution in [3.8, 4) is 0 Å². The van der Waals surface area contributed by atoms with Crippen LogP contribution in [0.1, 0.15) is 47.7 Å². The van der Waals surface area contributed by atoms with Gasteiger partial charge in [0.15, 0.2) is 5.78 Å². The molecular weight excluding hydrogens is 350 g/mol. The lowest BCUT2D eigenvalue weighted by atomic mass is 10.0. The van der Waals surface area contributed by atoms with E-state index < -0.39 is 0 Å². The lowest BCUT2D eigenvalue weighted by Gasteiger charge is -2.09. The van der Waals surface area contributed by atoms with Gasteiger partial charge in [-0.1, -0.05) is 67.9 Å². The minimum absolute atomic E-state index is 0.0176. The molecule has 1 amide bonds. The van der Waals surface area contributed by atoms with Gasteiger partial charge in [-0.25, -0.2) is 4.68 Å². The Morgan fingerprint density at radius 1 is 0.929 bits per heavy atom. The average molecular weight is 375 g/mol. The summed E-state index contributed by atoms with van der Waals surface area (Å²) < 4.78 is 1.74. The molecule has 0 radical (unpaired) electrons. The molecule has 5 nitrogen and oxygen atoms in total. The van der Waals surface area contributed by atoms with Crippen LogP contribution in [0.15, 0.2) is 66.9 Å². The van der Waals surface area contributed by atoms with Crippen molar-refractivity contribution in [1.82, 2.24) is 9.78 Å². The largest absolute Gasteiger partial charge is 0.311 e. The Morgan fingerprint density at radius 3 is 2.39 bits per heavy atom. The first-order valence-corrected chi connectivity index (χ1v) is 9.63. The van der Waals surface area contributed by atoms with Crippen molar-refractivity contribution in [2.75, 3.05) is 5.32 Å². The maximum absolute atomic E-state index is 12.3. The Hall–Kier alpha value is -3.21. The highest BCUT2D eigenvalue weighted by molar-refractivity contribution is 5.99. The summed E-state index contributed by atoms with van der Waals surface area (Å²) >= 11 is 0. The molecule has 144 valence electrons. The van der Waals surface area contributed by atoms with Crippen LogP contribution in [0, 0.1) is 0 Å². The van der Waals surface area contributed by atoms with Gasteiger partial charge in [0.1, 0.15) is 5.82 Å². The minimum atomic E-state index is -0.189. The van der Waals surface area contributed by atoms with Crippen LogP contribution in [0.25, 0.3) is 0 Å². The summed E-state index contributed by atoms with van der Waals surface area (Å²) in [7, 11) is 0. The highest BCUT2D eigenvalue weighted by Gasteiger charge is 2.12. The number of rotatable bonds is 9. The minimum Gasteiger partial charge on any atom is -0.311 e. The van der Waals surface area contributed by atoms with Crippen molar-refractivity contribution in [1.29, 1.82) is 0 Å². The molecule has 3 aromatic rings. The van der Waals surface area contributed by atoms with Crippen LogP contribution in [-0.2, 0) is 17.8 Å². The summed E-state index contributed by atoms with van der Waals surface area (Å²) in [5, 5.41) is 7.12. The van der Waals surface area contributed by atoms with Gasteiger partial charge in [-0.2, -0.15) is 5.10 Å². The fourth-order valence-corrected chi connectivity index (χ4v) is 3.04. The van der Waals surface area contributed by atoms with Crippen LogP contribution < -0.4 is 5.32 Å². The Morgan fingerprint density at radius 2 is 1.68 bits per heavy atom. The lowest BCUT2D eigenvalue weighted by Crippen LogP contribution is -2.17. The van der Waals surface area contributed by atoms with Crippen LogP contribution in [0.3, 0.4) is 0 Å². The molecule has 28 heavy (non-hydrogen) atoms. The molecule has 2 aromatic carbocycles. The van der Waals surface area contributed by atoms with Crippen LogP contribution in [0.4, 0.5) is 5.82 Å². The smallest absolute Gasteiger partial charge is 0.225 e.